The van der Waals surface area contributed by atoms with E-state index in [0.717, 1.165) is 33.7 Å². The molecular formula is C18H12Cl2N2O. The van der Waals surface area contributed by atoms with Crippen molar-refractivity contribution in [1.82, 2.24) is 9.97 Å². The van der Waals surface area contributed by atoms with Crippen LogP contribution in [0.4, 0.5) is 0 Å². The Kier molecular flexibility index (Phi) is 3.60. The van der Waals surface area contributed by atoms with Gasteiger partial charge in [-0.1, -0.05) is 41.4 Å². The number of halogens is 2. The van der Waals surface area contributed by atoms with Crippen LogP contribution in [0.2, 0.25) is 10.0 Å². The molecule has 0 radical (unpaired) electrons. The number of para-hydroxylation sites is 1. The SMILES string of the molecule is Clc1cc(Cc2ncc[nH]2)c(-c2cc3ccccc3o2)cc1Cl. The number of benzene rings is 2. The van der Waals surface area contributed by atoms with Gasteiger partial charge in [-0.15, -0.1) is 0 Å². The number of fused-ring (bicyclic) bond motifs is 1. The van der Waals surface area contributed by atoms with Crippen molar-refractivity contribution in [2.24, 2.45) is 0 Å². The van der Waals surface area contributed by atoms with E-state index in [0.29, 0.717) is 16.5 Å². The molecule has 0 spiro atoms. The summed E-state index contributed by atoms with van der Waals surface area (Å²) in [7, 11) is 0. The van der Waals surface area contributed by atoms with Crippen LogP contribution in [0.3, 0.4) is 0 Å². The molecule has 23 heavy (non-hydrogen) atoms. The number of furan rings is 1. The van der Waals surface area contributed by atoms with Gasteiger partial charge in [0.2, 0.25) is 0 Å². The van der Waals surface area contributed by atoms with E-state index in [9.17, 15) is 0 Å². The lowest BCUT2D eigenvalue weighted by molar-refractivity contribution is 0.630. The third-order valence-electron chi connectivity index (χ3n) is 3.75. The molecule has 4 aromatic rings. The van der Waals surface area contributed by atoms with Crippen LogP contribution in [0.5, 0.6) is 0 Å². The number of hydrogen-bond donors (Lipinski definition) is 1. The van der Waals surface area contributed by atoms with E-state index in [4.69, 9.17) is 27.6 Å². The quantitative estimate of drug-likeness (QED) is 0.517. The molecule has 2 heterocycles. The maximum atomic E-state index is 6.22. The second kappa shape index (κ2) is 5.76. The van der Waals surface area contributed by atoms with Gasteiger partial charge in [-0.25, -0.2) is 4.98 Å². The van der Waals surface area contributed by atoms with Crippen molar-refractivity contribution in [2.75, 3.05) is 0 Å². The fraction of sp³-hybridized carbons (Fsp3) is 0.0556. The molecule has 114 valence electrons. The standard InChI is InChI=1S/C18H12Cl2N2O/c19-14-7-12(9-18-21-5-6-22-18)13(10-15(14)20)17-8-11-3-1-2-4-16(11)23-17/h1-8,10H,9H2,(H,21,22). The Bertz CT molecular complexity index is 941. The molecule has 0 fully saturated rings. The van der Waals surface area contributed by atoms with Gasteiger partial charge in [0.05, 0.1) is 10.0 Å². The molecule has 1 N–H and O–H groups in total. The fourth-order valence-corrected chi connectivity index (χ4v) is 3.00. The molecule has 3 nitrogen and oxygen atoms in total. The lowest BCUT2D eigenvalue weighted by Gasteiger charge is -2.08. The first-order valence-electron chi connectivity index (χ1n) is 7.16. The van der Waals surface area contributed by atoms with E-state index in [1.165, 1.54) is 0 Å². The summed E-state index contributed by atoms with van der Waals surface area (Å²) in [6.45, 7) is 0. The van der Waals surface area contributed by atoms with Crippen LogP contribution in [-0.4, -0.2) is 9.97 Å². The Balaban J connectivity index is 1.87. The van der Waals surface area contributed by atoms with Gasteiger partial charge in [0.15, 0.2) is 0 Å². The van der Waals surface area contributed by atoms with Gasteiger partial charge >= 0.3 is 0 Å². The normalized spacial score (nSPS) is 11.2. The lowest BCUT2D eigenvalue weighted by Crippen LogP contribution is -1.94. The summed E-state index contributed by atoms with van der Waals surface area (Å²) < 4.78 is 5.98. The summed E-state index contributed by atoms with van der Waals surface area (Å²) in [5.74, 6) is 1.63. The van der Waals surface area contributed by atoms with Gasteiger partial charge < -0.3 is 9.40 Å². The third-order valence-corrected chi connectivity index (χ3v) is 4.47. The monoisotopic (exact) mass is 342 g/mol. The van der Waals surface area contributed by atoms with Crippen molar-refractivity contribution < 1.29 is 4.42 Å². The Labute approximate surface area is 142 Å². The molecule has 0 aliphatic rings. The molecule has 0 bridgehead atoms. The largest absolute Gasteiger partial charge is 0.456 e. The summed E-state index contributed by atoms with van der Waals surface area (Å²) in [6.07, 6.45) is 4.15. The zero-order valence-electron chi connectivity index (χ0n) is 12.0. The van der Waals surface area contributed by atoms with E-state index in [-0.39, 0.29) is 0 Å². The summed E-state index contributed by atoms with van der Waals surface area (Å²) >= 11 is 12.4. The highest BCUT2D eigenvalue weighted by Gasteiger charge is 2.14. The number of nitrogens with one attached hydrogen (secondary N) is 1. The first-order chi connectivity index (χ1) is 11.2. The average Bonchev–Trinajstić information content (AvgIpc) is 3.19. The van der Waals surface area contributed by atoms with Crippen molar-refractivity contribution in [3.8, 4) is 11.3 Å². The number of aromatic nitrogens is 2. The Morgan fingerprint density at radius 2 is 1.87 bits per heavy atom. The molecule has 0 unspecified atom stereocenters. The van der Waals surface area contributed by atoms with Gasteiger partial charge in [-0.3, -0.25) is 0 Å². The van der Waals surface area contributed by atoms with Crippen LogP contribution >= 0.6 is 23.2 Å². The predicted octanol–water partition coefficient (Wildman–Crippen LogP) is 5.72. The van der Waals surface area contributed by atoms with Crippen LogP contribution in [-0.2, 0) is 6.42 Å². The molecule has 0 saturated carbocycles. The minimum absolute atomic E-state index is 0.505. The molecule has 5 heteroatoms. The van der Waals surface area contributed by atoms with Crippen molar-refractivity contribution >= 4 is 34.2 Å². The topological polar surface area (TPSA) is 41.8 Å². The maximum Gasteiger partial charge on any atom is 0.135 e. The van der Waals surface area contributed by atoms with Crippen LogP contribution in [0.25, 0.3) is 22.3 Å². The third kappa shape index (κ3) is 2.74. The first-order valence-corrected chi connectivity index (χ1v) is 7.91. The minimum Gasteiger partial charge on any atom is -0.456 e. The lowest BCUT2D eigenvalue weighted by atomic mass is 10.0. The number of imidazole rings is 1. The van der Waals surface area contributed by atoms with E-state index < -0.39 is 0 Å². The average molecular weight is 343 g/mol. The number of rotatable bonds is 3. The van der Waals surface area contributed by atoms with Crippen LogP contribution in [0.15, 0.2) is 59.3 Å². The molecule has 2 aromatic heterocycles. The van der Waals surface area contributed by atoms with Gasteiger partial charge in [0.25, 0.3) is 0 Å². The zero-order valence-corrected chi connectivity index (χ0v) is 13.5. The van der Waals surface area contributed by atoms with Crippen molar-refractivity contribution in [3.63, 3.8) is 0 Å². The van der Waals surface area contributed by atoms with Gasteiger partial charge in [0.1, 0.15) is 17.2 Å². The summed E-state index contributed by atoms with van der Waals surface area (Å²) in [4.78, 5) is 7.39. The van der Waals surface area contributed by atoms with E-state index in [1.54, 1.807) is 12.4 Å². The molecule has 0 aliphatic heterocycles. The number of aromatic amines is 1. The minimum atomic E-state index is 0.505. The van der Waals surface area contributed by atoms with E-state index in [2.05, 4.69) is 9.97 Å². The summed E-state index contributed by atoms with van der Waals surface area (Å²) in [6, 6.07) is 13.6. The van der Waals surface area contributed by atoms with Crippen molar-refractivity contribution in [1.29, 1.82) is 0 Å². The highest BCUT2D eigenvalue weighted by molar-refractivity contribution is 6.42. The molecular weight excluding hydrogens is 331 g/mol. The Morgan fingerprint density at radius 1 is 1.04 bits per heavy atom. The predicted molar refractivity (Wildman–Crippen MR) is 93.1 cm³/mol. The van der Waals surface area contributed by atoms with Crippen LogP contribution < -0.4 is 0 Å². The Morgan fingerprint density at radius 3 is 2.65 bits per heavy atom. The zero-order chi connectivity index (χ0) is 15.8. The summed E-state index contributed by atoms with van der Waals surface area (Å²) in [5, 5.41) is 2.08. The molecule has 0 aliphatic carbocycles. The Hall–Kier alpha value is -2.23. The number of nitrogens with zero attached hydrogens (tertiary/aromatic N) is 1. The maximum absolute atomic E-state index is 6.22. The fourth-order valence-electron chi connectivity index (χ4n) is 2.65. The smallest absolute Gasteiger partial charge is 0.135 e. The highest BCUT2D eigenvalue weighted by Crippen LogP contribution is 2.35. The highest BCUT2D eigenvalue weighted by atomic mass is 35.5. The summed E-state index contributed by atoms with van der Waals surface area (Å²) in [5.41, 5.74) is 2.78. The number of H-pyrrole nitrogens is 1. The van der Waals surface area contributed by atoms with Gasteiger partial charge in [0, 0.05) is 29.8 Å². The molecule has 0 saturated heterocycles. The molecule has 0 amide bonds. The van der Waals surface area contributed by atoms with Crippen molar-refractivity contribution in [3.05, 3.63) is 76.3 Å². The van der Waals surface area contributed by atoms with Crippen molar-refractivity contribution in [2.45, 2.75) is 6.42 Å². The van der Waals surface area contributed by atoms with E-state index >= 15 is 0 Å². The van der Waals surface area contributed by atoms with Crippen LogP contribution in [0, 0.1) is 0 Å². The van der Waals surface area contributed by atoms with Crippen LogP contribution in [0.1, 0.15) is 11.4 Å². The molecule has 0 atom stereocenters. The molecule has 4 rings (SSSR count). The second-order valence-corrected chi connectivity index (χ2v) is 6.10. The first kappa shape index (κ1) is 14.4. The number of hydrogen-bond acceptors (Lipinski definition) is 2. The van der Waals surface area contributed by atoms with Gasteiger partial charge in [-0.2, -0.15) is 0 Å². The molecule has 2 aromatic carbocycles. The second-order valence-electron chi connectivity index (χ2n) is 5.28. The van der Waals surface area contributed by atoms with E-state index in [1.807, 2.05) is 42.5 Å². The van der Waals surface area contributed by atoms with Gasteiger partial charge in [-0.05, 0) is 29.8 Å².